The van der Waals surface area contributed by atoms with Gasteiger partial charge in [-0.2, -0.15) is 0 Å². The molecule has 0 unspecified atom stereocenters. The van der Waals surface area contributed by atoms with Crippen LogP contribution < -0.4 is 9.80 Å². The van der Waals surface area contributed by atoms with Crippen LogP contribution in [0.5, 0.6) is 0 Å². The number of anilines is 2. The molecule has 1 aromatic rings. The summed E-state index contributed by atoms with van der Waals surface area (Å²) >= 11 is 0. The highest BCUT2D eigenvalue weighted by Crippen LogP contribution is 2.26. The first kappa shape index (κ1) is 20.9. The minimum absolute atomic E-state index is 0.663. The normalized spacial score (nSPS) is 21.1. The first-order chi connectivity index (χ1) is 13.6. The molecule has 1 N–H and O–H groups in total. The van der Waals surface area contributed by atoms with Gasteiger partial charge in [-0.25, -0.2) is 9.78 Å². The molecule has 4 rings (SSSR count). The van der Waals surface area contributed by atoms with E-state index in [0.717, 1.165) is 38.0 Å². The lowest BCUT2D eigenvalue weighted by Crippen LogP contribution is -2.50. The molecule has 3 fully saturated rings. The molecule has 1 saturated heterocycles. The van der Waals surface area contributed by atoms with Crippen LogP contribution in [0.1, 0.15) is 64.2 Å². The summed E-state index contributed by atoms with van der Waals surface area (Å²) in [5.74, 6) is 0.872. The molecule has 1 aromatic heterocycles. The highest BCUT2D eigenvalue weighted by Gasteiger charge is 2.26. The number of hydrogen-bond donors (Lipinski definition) is 1. The SMILES string of the molecule is C1CCCCC1.CN(C(=O)O)c1ccnc(N2CCN(C3CCCC3)CC2)c1. The van der Waals surface area contributed by atoms with Crippen LogP contribution in [0.4, 0.5) is 16.3 Å². The summed E-state index contributed by atoms with van der Waals surface area (Å²) < 4.78 is 0. The largest absolute Gasteiger partial charge is 0.465 e. The number of aromatic nitrogens is 1. The molecule has 1 aliphatic heterocycles. The van der Waals surface area contributed by atoms with E-state index >= 15 is 0 Å². The average Bonchev–Trinajstić information content (AvgIpc) is 3.30. The van der Waals surface area contributed by atoms with Crippen molar-refractivity contribution in [3.8, 4) is 0 Å². The zero-order valence-electron chi connectivity index (χ0n) is 17.4. The van der Waals surface area contributed by atoms with Crippen molar-refractivity contribution in [3.05, 3.63) is 18.3 Å². The van der Waals surface area contributed by atoms with E-state index in [1.165, 1.54) is 69.1 Å². The monoisotopic (exact) mass is 388 g/mol. The number of pyridine rings is 1. The second-order valence-corrected chi connectivity index (χ2v) is 8.30. The Labute approximate surface area is 169 Å². The highest BCUT2D eigenvalue weighted by atomic mass is 16.4. The van der Waals surface area contributed by atoms with Gasteiger partial charge in [-0.3, -0.25) is 9.80 Å². The van der Waals surface area contributed by atoms with Gasteiger partial charge in [-0.05, 0) is 18.9 Å². The lowest BCUT2D eigenvalue weighted by Gasteiger charge is -2.38. The van der Waals surface area contributed by atoms with Crippen LogP contribution in [-0.4, -0.2) is 60.4 Å². The predicted molar refractivity (Wildman–Crippen MR) is 114 cm³/mol. The van der Waals surface area contributed by atoms with E-state index in [-0.39, 0.29) is 0 Å². The molecular weight excluding hydrogens is 352 g/mol. The van der Waals surface area contributed by atoms with E-state index in [9.17, 15) is 4.79 Å². The zero-order valence-corrected chi connectivity index (χ0v) is 17.4. The molecule has 0 spiro atoms. The summed E-state index contributed by atoms with van der Waals surface area (Å²) in [6, 6.07) is 4.37. The van der Waals surface area contributed by atoms with Crippen molar-refractivity contribution >= 4 is 17.6 Å². The van der Waals surface area contributed by atoms with Crippen molar-refractivity contribution in [2.24, 2.45) is 0 Å². The number of rotatable bonds is 3. The molecule has 28 heavy (non-hydrogen) atoms. The van der Waals surface area contributed by atoms with Crippen LogP contribution in [0.2, 0.25) is 0 Å². The molecule has 2 saturated carbocycles. The van der Waals surface area contributed by atoms with Crippen LogP contribution in [0, 0.1) is 0 Å². The Bertz CT molecular complexity index is 595. The predicted octanol–water partition coefficient (Wildman–Crippen LogP) is 4.60. The van der Waals surface area contributed by atoms with Gasteiger partial charge in [0.1, 0.15) is 5.82 Å². The lowest BCUT2D eigenvalue weighted by molar-refractivity contribution is 0.187. The molecule has 1 amide bonds. The third-order valence-corrected chi connectivity index (χ3v) is 6.38. The molecule has 0 aromatic carbocycles. The van der Waals surface area contributed by atoms with Crippen molar-refractivity contribution in [2.75, 3.05) is 43.0 Å². The fourth-order valence-electron chi connectivity index (χ4n) is 4.55. The summed E-state index contributed by atoms with van der Waals surface area (Å²) in [4.78, 5) is 21.6. The topological polar surface area (TPSA) is 59.9 Å². The van der Waals surface area contributed by atoms with Crippen molar-refractivity contribution in [1.29, 1.82) is 0 Å². The van der Waals surface area contributed by atoms with E-state index in [4.69, 9.17) is 5.11 Å². The van der Waals surface area contributed by atoms with Gasteiger partial charge in [0.2, 0.25) is 0 Å². The van der Waals surface area contributed by atoms with Crippen molar-refractivity contribution in [2.45, 2.75) is 70.3 Å². The summed E-state index contributed by atoms with van der Waals surface area (Å²) in [7, 11) is 1.56. The molecule has 2 heterocycles. The average molecular weight is 389 g/mol. The fourth-order valence-corrected chi connectivity index (χ4v) is 4.55. The Morgan fingerprint density at radius 3 is 2.11 bits per heavy atom. The summed E-state index contributed by atoms with van der Waals surface area (Å²) in [6.07, 6.45) is 15.2. The number of nitrogens with zero attached hydrogens (tertiary/aromatic N) is 4. The number of amides is 1. The summed E-state index contributed by atoms with van der Waals surface area (Å²) in [6.45, 7) is 4.07. The quantitative estimate of drug-likeness (QED) is 0.820. The third-order valence-electron chi connectivity index (χ3n) is 6.38. The Morgan fingerprint density at radius 2 is 1.57 bits per heavy atom. The number of hydrogen-bond acceptors (Lipinski definition) is 4. The maximum absolute atomic E-state index is 11.1. The van der Waals surface area contributed by atoms with E-state index < -0.39 is 6.09 Å². The summed E-state index contributed by atoms with van der Waals surface area (Å²) in [5, 5.41) is 9.08. The van der Waals surface area contributed by atoms with Gasteiger partial charge in [0, 0.05) is 51.5 Å². The molecular formula is C22H36N4O2. The standard InChI is InChI=1S/C16H24N4O2.C6H12/c1-18(16(21)22)14-6-7-17-15(12-14)20-10-8-19(9-11-20)13-4-2-3-5-13;1-2-4-6-5-3-1/h6-7,12-13H,2-5,8-11H2,1H3,(H,21,22);1-6H2. The minimum atomic E-state index is -0.955. The zero-order chi connectivity index (χ0) is 19.8. The molecule has 3 aliphatic rings. The van der Waals surface area contributed by atoms with Crippen molar-refractivity contribution in [1.82, 2.24) is 9.88 Å². The highest BCUT2D eigenvalue weighted by molar-refractivity contribution is 5.85. The van der Waals surface area contributed by atoms with Gasteiger partial charge >= 0.3 is 6.09 Å². The van der Waals surface area contributed by atoms with E-state index in [1.54, 1.807) is 19.3 Å². The van der Waals surface area contributed by atoms with Crippen LogP contribution >= 0.6 is 0 Å². The number of carboxylic acid groups (broad SMARTS) is 1. The summed E-state index contributed by atoms with van der Waals surface area (Å²) in [5.41, 5.74) is 0.663. The number of carbonyl (C=O) groups is 1. The van der Waals surface area contributed by atoms with Crippen LogP contribution in [0.15, 0.2) is 18.3 Å². The molecule has 0 atom stereocenters. The second kappa shape index (κ2) is 10.6. The van der Waals surface area contributed by atoms with Gasteiger partial charge in [0.15, 0.2) is 0 Å². The van der Waals surface area contributed by atoms with Gasteiger partial charge in [0.05, 0.1) is 5.69 Å². The Kier molecular flexibility index (Phi) is 7.95. The van der Waals surface area contributed by atoms with Crippen LogP contribution in [0.3, 0.4) is 0 Å². The maximum Gasteiger partial charge on any atom is 0.411 e. The maximum atomic E-state index is 11.1. The van der Waals surface area contributed by atoms with E-state index in [0.29, 0.717) is 5.69 Å². The van der Waals surface area contributed by atoms with Crippen LogP contribution in [0.25, 0.3) is 0 Å². The van der Waals surface area contributed by atoms with Gasteiger partial charge in [-0.15, -0.1) is 0 Å². The fraction of sp³-hybridized carbons (Fsp3) is 0.727. The Morgan fingerprint density at radius 1 is 1.00 bits per heavy atom. The van der Waals surface area contributed by atoms with Crippen molar-refractivity contribution < 1.29 is 9.90 Å². The van der Waals surface area contributed by atoms with Gasteiger partial charge in [-0.1, -0.05) is 51.4 Å². The van der Waals surface area contributed by atoms with Gasteiger partial charge < -0.3 is 10.0 Å². The van der Waals surface area contributed by atoms with Crippen LogP contribution in [-0.2, 0) is 0 Å². The van der Waals surface area contributed by atoms with E-state index in [1.807, 2.05) is 6.07 Å². The second-order valence-electron chi connectivity index (χ2n) is 8.30. The molecule has 156 valence electrons. The molecule has 0 bridgehead atoms. The van der Waals surface area contributed by atoms with Crippen molar-refractivity contribution in [3.63, 3.8) is 0 Å². The first-order valence-corrected chi connectivity index (χ1v) is 11.1. The smallest absolute Gasteiger partial charge is 0.411 e. The van der Waals surface area contributed by atoms with Gasteiger partial charge in [0.25, 0.3) is 0 Å². The molecule has 0 radical (unpaired) electrons. The number of piperazine rings is 1. The lowest BCUT2D eigenvalue weighted by atomic mass is 10.0. The minimum Gasteiger partial charge on any atom is -0.465 e. The van der Waals surface area contributed by atoms with E-state index in [2.05, 4.69) is 14.8 Å². The first-order valence-electron chi connectivity index (χ1n) is 11.1. The third kappa shape index (κ3) is 5.84. The molecule has 6 nitrogen and oxygen atoms in total. The Hall–Kier alpha value is -1.82. The molecule has 2 aliphatic carbocycles. The molecule has 6 heteroatoms. The Balaban J connectivity index is 0.000000320.